The first kappa shape index (κ1) is 17.9. The number of carbonyl (C=O) groups is 3. The molecule has 2 aliphatic rings. The van der Waals surface area contributed by atoms with Crippen LogP contribution in [0.1, 0.15) is 25.7 Å². The van der Waals surface area contributed by atoms with E-state index in [0.717, 1.165) is 28.7 Å². The van der Waals surface area contributed by atoms with Crippen LogP contribution in [0.25, 0.3) is 22.4 Å². The Morgan fingerprint density at radius 2 is 2.07 bits per heavy atom. The number of nitrogens with zero attached hydrogens (tertiary/aromatic N) is 2. The van der Waals surface area contributed by atoms with E-state index in [4.69, 9.17) is 4.42 Å². The van der Waals surface area contributed by atoms with Gasteiger partial charge in [0.1, 0.15) is 23.4 Å². The van der Waals surface area contributed by atoms with E-state index in [2.05, 4.69) is 15.6 Å². The summed E-state index contributed by atoms with van der Waals surface area (Å²) < 4.78 is 5.79. The van der Waals surface area contributed by atoms with E-state index in [-0.39, 0.29) is 12.5 Å². The Morgan fingerprint density at radius 1 is 1.28 bits per heavy atom. The maximum Gasteiger partial charge on any atom is 0.325 e. The number of benzene rings is 1. The molecule has 0 atom stereocenters. The van der Waals surface area contributed by atoms with Gasteiger partial charge in [-0.1, -0.05) is 31.0 Å². The van der Waals surface area contributed by atoms with Crippen LogP contribution in [0.5, 0.6) is 0 Å². The fourth-order valence-electron chi connectivity index (χ4n) is 3.99. The highest BCUT2D eigenvalue weighted by molar-refractivity contribution is 7.14. The monoisotopic (exact) mass is 410 g/mol. The lowest BCUT2D eigenvalue weighted by atomic mass is 9.98. The van der Waals surface area contributed by atoms with Crippen molar-refractivity contribution in [3.05, 3.63) is 35.7 Å². The first-order chi connectivity index (χ1) is 14.0. The SMILES string of the molecule is O=C(CN1C(=O)NC2(CCCC2)C1=O)Nc1nc(-c2cc3ccccc3o2)cs1. The van der Waals surface area contributed by atoms with Crippen LogP contribution >= 0.6 is 11.3 Å². The molecule has 29 heavy (non-hydrogen) atoms. The first-order valence-corrected chi connectivity index (χ1v) is 10.3. The molecule has 8 nitrogen and oxygen atoms in total. The van der Waals surface area contributed by atoms with Crippen molar-refractivity contribution in [2.45, 2.75) is 31.2 Å². The number of urea groups is 1. The lowest BCUT2D eigenvalue weighted by Gasteiger charge is -2.19. The average molecular weight is 410 g/mol. The van der Waals surface area contributed by atoms with Crippen LogP contribution in [0, 0.1) is 0 Å². The van der Waals surface area contributed by atoms with Gasteiger partial charge in [-0.05, 0) is 25.0 Å². The van der Waals surface area contributed by atoms with Gasteiger partial charge in [0.2, 0.25) is 5.91 Å². The quantitative estimate of drug-likeness (QED) is 0.642. The molecule has 1 saturated carbocycles. The zero-order valence-electron chi connectivity index (χ0n) is 15.4. The normalized spacial score (nSPS) is 18.0. The van der Waals surface area contributed by atoms with Crippen LogP contribution < -0.4 is 10.6 Å². The summed E-state index contributed by atoms with van der Waals surface area (Å²) >= 11 is 1.25. The highest BCUT2D eigenvalue weighted by Crippen LogP contribution is 2.35. The molecule has 1 aliphatic carbocycles. The number of nitrogens with one attached hydrogen (secondary N) is 2. The number of aromatic nitrogens is 1. The van der Waals surface area contributed by atoms with Crippen molar-refractivity contribution in [1.29, 1.82) is 0 Å². The minimum absolute atomic E-state index is 0.308. The predicted octanol–water partition coefficient (Wildman–Crippen LogP) is 3.36. The number of amides is 4. The molecule has 9 heteroatoms. The number of hydrogen-bond donors (Lipinski definition) is 2. The molecule has 3 heterocycles. The Bertz CT molecular complexity index is 1100. The molecule has 3 aromatic rings. The number of thiazole rings is 1. The molecule has 0 unspecified atom stereocenters. The smallest absolute Gasteiger partial charge is 0.325 e. The largest absolute Gasteiger partial charge is 0.454 e. The Labute approximate surface area is 169 Å². The maximum atomic E-state index is 12.6. The second kappa shape index (κ2) is 6.70. The van der Waals surface area contributed by atoms with Crippen molar-refractivity contribution < 1.29 is 18.8 Å². The summed E-state index contributed by atoms with van der Waals surface area (Å²) in [6.45, 7) is -0.327. The van der Waals surface area contributed by atoms with E-state index in [1.165, 1.54) is 11.3 Å². The topological polar surface area (TPSA) is 105 Å². The maximum absolute atomic E-state index is 12.6. The van der Waals surface area contributed by atoms with Gasteiger partial charge in [-0.15, -0.1) is 11.3 Å². The van der Waals surface area contributed by atoms with Crippen molar-refractivity contribution in [3.8, 4) is 11.5 Å². The summed E-state index contributed by atoms with van der Waals surface area (Å²) in [7, 11) is 0. The number of anilines is 1. The number of imide groups is 1. The highest BCUT2D eigenvalue weighted by Gasteiger charge is 2.52. The standard InChI is InChI=1S/C20H18N4O4S/c25-16(10-24-17(26)20(23-19(24)27)7-3-4-8-20)22-18-21-13(11-29-18)15-9-12-5-1-2-6-14(12)28-15/h1-2,5-6,9,11H,3-4,7-8,10H2,(H,23,27)(H,21,22,25). The van der Waals surface area contributed by atoms with Crippen LogP contribution in [0.2, 0.25) is 0 Å². The molecule has 2 aromatic heterocycles. The number of furan rings is 1. The first-order valence-electron chi connectivity index (χ1n) is 9.43. The third-order valence-corrected chi connectivity index (χ3v) is 6.19. The van der Waals surface area contributed by atoms with E-state index in [1.54, 1.807) is 5.38 Å². The molecule has 4 amide bonds. The summed E-state index contributed by atoms with van der Waals surface area (Å²) in [4.78, 5) is 42.6. The van der Waals surface area contributed by atoms with Gasteiger partial charge < -0.3 is 15.1 Å². The van der Waals surface area contributed by atoms with Crippen LogP contribution in [0.15, 0.2) is 40.1 Å². The second-order valence-electron chi connectivity index (χ2n) is 7.35. The highest BCUT2D eigenvalue weighted by atomic mass is 32.1. The van der Waals surface area contributed by atoms with E-state index < -0.39 is 17.5 Å². The van der Waals surface area contributed by atoms with Gasteiger partial charge in [0.05, 0.1) is 0 Å². The second-order valence-corrected chi connectivity index (χ2v) is 8.20. The van der Waals surface area contributed by atoms with E-state index in [1.807, 2.05) is 30.3 Å². The Morgan fingerprint density at radius 3 is 2.86 bits per heavy atom. The summed E-state index contributed by atoms with van der Waals surface area (Å²) in [5, 5.41) is 8.58. The van der Waals surface area contributed by atoms with Crippen molar-refractivity contribution in [2.24, 2.45) is 0 Å². The van der Waals surface area contributed by atoms with Gasteiger partial charge in [-0.2, -0.15) is 0 Å². The molecule has 148 valence electrons. The molecule has 1 aromatic carbocycles. The minimum Gasteiger partial charge on any atom is -0.454 e. The lowest BCUT2D eigenvalue weighted by Crippen LogP contribution is -2.44. The molecular formula is C20H18N4O4S. The van der Waals surface area contributed by atoms with Crippen molar-refractivity contribution >= 4 is 45.3 Å². The van der Waals surface area contributed by atoms with Crippen LogP contribution in [0.3, 0.4) is 0 Å². The molecule has 1 aliphatic heterocycles. The van der Waals surface area contributed by atoms with Gasteiger partial charge in [0.25, 0.3) is 5.91 Å². The zero-order chi connectivity index (χ0) is 20.0. The molecule has 2 N–H and O–H groups in total. The molecule has 0 bridgehead atoms. The molecule has 1 spiro atoms. The lowest BCUT2D eigenvalue weighted by molar-refractivity contribution is -0.133. The third-order valence-electron chi connectivity index (χ3n) is 5.43. The van der Waals surface area contributed by atoms with Gasteiger partial charge in [-0.3, -0.25) is 14.5 Å². The van der Waals surface area contributed by atoms with Crippen LogP contribution in [0.4, 0.5) is 9.93 Å². The van der Waals surface area contributed by atoms with Gasteiger partial charge in [0.15, 0.2) is 10.9 Å². The minimum atomic E-state index is -0.812. The fraction of sp³-hybridized carbons (Fsp3) is 0.300. The van der Waals surface area contributed by atoms with E-state index >= 15 is 0 Å². The van der Waals surface area contributed by atoms with Gasteiger partial charge >= 0.3 is 6.03 Å². The summed E-state index contributed by atoms with van der Waals surface area (Å²) in [6, 6.07) is 9.04. The van der Waals surface area contributed by atoms with Crippen LogP contribution in [-0.2, 0) is 9.59 Å². The predicted molar refractivity (Wildman–Crippen MR) is 107 cm³/mol. The van der Waals surface area contributed by atoms with Crippen molar-refractivity contribution in [1.82, 2.24) is 15.2 Å². The number of rotatable bonds is 4. The molecular weight excluding hydrogens is 392 g/mol. The van der Waals surface area contributed by atoms with Gasteiger partial charge in [-0.25, -0.2) is 9.78 Å². The number of carbonyl (C=O) groups excluding carboxylic acids is 3. The fourth-order valence-corrected chi connectivity index (χ4v) is 4.71. The summed E-state index contributed by atoms with van der Waals surface area (Å²) in [5.74, 6) is -0.161. The Hall–Kier alpha value is -3.20. The zero-order valence-corrected chi connectivity index (χ0v) is 16.3. The molecule has 1 saturated heterocycles. The third kappa shape index (κ3) is 3.07. The average Bonchev–Trinajstić information content (AvgIpc) is 3.47. The van der Waals surface area contributed by atoms with Crippen molar-refractivity contribution in [3.63, 3.8) is 0 Å². The number of para-hydroxylation sites is 1. The van der Waals surface area contributed by atoms with Crippen molar-refractivity contribution in [2.75, 3.05) is 11.9 Å². The molecule has 2 fully saturated rings. The van der Waals surface area contributed by atoms with E-state index in [0.29, 0.717) is 29.4 Å². The molecule has 5 rings (SSSR count). The number of hydrogen-bond acceptors (Lipinski definition) is 6. The van der Waals surface area contributed by atoms with Crippen LogP contribution in [-0.4, -0.2) is 39.8 Å². The number of fused-ring (bicyclic) bond motifs is 1. The summed E-state index contributed by atoms with van der Waals surface area (Å²) in [5.41, 5.74) is 0.564. The molecule has 0 radical (unpaired) electrons. The summed E-state index contributed by atoms with van der Waals surface area (Å²) in [6.07, 6.45) is 3.05. The Kier molecular flexibility index (Phi) is 4.13. The van der Waals surface area contributed by atoms with Gasteiger partial charge in [0, 0.05) is 10.8 Å². The van der Waals surface area contributed by atoms with E-state index in [9.17, 15) is 14.4 Å². The Balaban J connectivity index is 1.27.